The third-order valence-electron chi connectivity index (χ3n) is 4.56. The van der Waals surface area contributed by atoms with E-state index < -0.39 is 21.9 Å². The number of hydrogen-bond donors (Lipinski definition) is 0. The number of hydrogen-bond acceptors (Lipinski definition) is 3. The SMILES string of the molecule is O=C1N(c2ccc(Cl)cc2)C2CS(=O)(=O)CC2N1c1cccc(Cl)c1. The first-order valence-electron chi connectivity index (χ1n) is 7.70. The number of rotatable bonds is 2. The molecule has 0 radical (unpaired) electrons. The summed E-state index contributed by atoms with van der Waals surface area (Å²) in [5, 5.41) is 1.05. The normalized spacial score (nSPS) is 24.6. The van der Waals surface area contributed by atoms with Crippen molar-refractivity contribution >= 4 is 50.4 Å². The van der Waals surface area contributed by atoms with Crippen LogP contribution in [-0.4, -0.2) is 38.0 Å². The fraction of sp³-hybridized carbons (Fsp3) is 0.235. The number of benzene rings is 2. The summed E-state index contributed by atoms with van der Waals surface area (Å²) in [6, 6.07) is 12.6. The first kappa shape index (κ1) is 16.7. The van der Waals surface area contributed by atoms with Crippen molar-refractivity contribution in [1.82, 2.24) is 0 Å². The van der Waals surface area contributed by atoms with Gasteiger partial charge in [-0.1, -0.05) is 29.3 Å². The Balaban J connectivity index is 1.81. The van der Waals surface area contributed by atoms with Gasteiger partial charge in [-0.05, 0) is 42.5 Å². The molecule has 0 bridgehead atoms. The summed E-state index contributed by atoms with van der Waals surface area (Å²) in [5.74, 6) is -0.108. The molecular formula is C17H14Cl2N2O3S. The van der Waals surface area contributed by atoms with Crippen molar-refractivity contribution < 1.29 is 13.2 Å². The molecule has 2 aromatic rings. The van der Waals surface area contributed by atoms with E-state index in [9.17, 15) is 13.2 Å². The summed E-state index contributed by atoms with van der Waals surface area (Å²) in [7, 11) is -3.22. The van der Waals surface area contributed by atoms with Gasteiger partial charge in [-0.25, -0.2) is 13.2 Å². The number of carbonyl (C=O) groups excluding carboxylic acids is 1. The molecule has 2 amide bonds. The van der Waals surface area contributed by atoms with Crippen LogP contribution in [0.5, 0.6) is 0 Å². The molecule has 0 N–H and O–H groups in total. The molecule has 2 unspecified atom stereocenters. The average molecular weight is 397 g/mol. The lowest BCUT2D eigenvalue weighted by Gasteiger charge is -2.22. The average Bonchev–Trinajstić information content (AvgIpc) is 2.97. The summed E-state index contributed by atoms with van der Waals surface area (Å²) in [6.07, 6.45) is 0. The number of amides is 2. The molecule has 2 aromatic carbocycles. The van der Waals surface area contributed by atoms with Crippen molar-refractivity contribution in [2.24, 2.45) is 0 Å². The van der Waals surface area contributed by atoms with Gasteiger partial charge in [0.2, 0.25) is 0 Å². The molecule has 2 aliphatic heterocycles. The predicted octanol–water partition coefficient (Wildman–Crippen LogP) is 3.61. The number of anilines is 2. The van der Waals surface area contributed by atoms with Crippen LogP contribution in [0.1, 0.15) is 0 Å². The Bertz CT molecular complexity index is 947. The van der Waals surface area contributed by atoms with E-state index in [1.165, 1.54) is 4.90 Å². The first-order valence-corrected chi connectivity index (χ1v) is 10.3. The maximum absolute atomic E-state index is 13.1. The maximum atomic E-state index is 13.1. The zero-order valence-electron chi connectivity index (χ0n) is 13.0. The second-order valence-corrected chi connectivity index (χ2v) is 9.22. The molecule has 2 atom stereocenters. The van der Waals surface area contributed by atoms with Crippen LogP contribution >= 0.6 is 23.2 Å². The molecule has 2 heterocycles. The largest absolute Gasteiger partial charge is 0.329 e. The van der Waals surface area contributed by atoms with E-state index in [1.54, 1.807) is 53.4 Å². The minimum absolute atomic E-state index is 0.0525. The molecule has 0 aliphatic carbocycles. The summed E-state index contributed by atoms with van der Waals surface area (Å²) in [6.45, 7) is 0. The van der Waals surface area contributed by atoms with Crippen LogP contribution < -0.4 is 9.80 Å². The van der Waals surface area contributed by atoms with Gasteiger partial charge < -0.3 is 0 Å². The van der Waals surface area contributed by atoms with Crippen LogP contribution in [-0.2, 0) is 9.84 Å². The van der Waals surface area contributed by atoms with Crippen molar-refractivity contribution in [3.63, 3.8) is 0 Å². The van der Waals surface area contributed by atoms with E-state index in [4.69, 9.17) is 23.2 Å². The van der Waals surface area contributed by atoms with Crippen molar-refractivity contribution in [2.45, 2.75) is 12.1 Å². The highest BCUT2D eigenvalue weighted by molar-refractivity contribution is 7.91. The van der Waals surface area contributed by atoms with E-state index in [1.807, 2.05) is 0 Å². The lowest BCUT2D eigenvalue weighted by molar-refractivity contribution is 0.255. The lowest BCUT2D eigenvalue weighted by Crippen LogP contribution is -2.37. The van der Waals surface area contributed by atoms with E-state index in [0.29, 0.717) is 21.4 Å². The molecule has 0 aromatic heterocycles. The Hall–Kier alpha value is -1.76. The molecule has 5 nitrogen and oxygen atoms in total. The molecule has 25 heavy (non-hydrogen) atoms. The van der Waals surface area contributed by atoms with E-state index in [-0.39, 0.29) is 17.5 Å². The molecule has 4 rings (SSSR count). The van der Waals surface area contributed by atoms with E-state index in [2.05, 4.69) is 0 Å². The van der Waals surface area contributed by atoms with Gasteiger partial charge in [0.1, 0.15) is 0 Å². The van der Waals surface area contributed by atoms with Gasteiger partial charge in [-0.3, -0.25) is 9.80 Å². The number of urea groups is 1. The Morgan fingerprint density at radius 1 is 0.840 bits per heavy atom. The Kier molecular flexibility index (Phi) is 3.94. The van der Waals surface area contributed by atoms with E-state index >= 15 is 0 Å². The maximum Gasteiger partial charge on any atom is 0.329 e. The van der Waals surface area contributed by atoms with Gasteiger partial charge in [0.05, 0.1) is 23.6 Å². The monoisotopic (exact) mass is 396 g/mol. The number of halogens is 2. The third-order valence-corrected chi connectivity index (χ3v) is 6.75. The van der Waals surface area contributed by atoms with Gasteiger partial charge >= 0.3 is 6.03 Å². The number of sulfone groups is 1. The molecule has 2 fully saturated rings. The predicted molar refractivity (Wildman–Crippen MR) is 99.5 cm³/mol. The Morgan fingerprint density at radius 3 is 2.04 bits per heavy atom. The molecule has 0 spiro atoms. The van der Waals surface area contributed by atoms with Gasteiger partial charge in [-0.2, -0.15) is 0 Å². The van der Waals surface area contributed by atoms with E-state index in [0.717, 1.165) is 0 Å². The Morgan fingerprint density at radius 2 is 1.44 bits per heavy atom. The van der Waals surface area contributed by atoms with Gasteiger partial charge in [-0.15, -0.1) is 0 Å². The molecular weight excluding hydrogens is 383 g/mol. The van der Waals surface area contributed by atoms with Gasteiger partial charge in [0.25, 0.3) is 0 Å². The summed E-state index contributed by atoms with van der Waals surface area (Å²) in [4.78, 5) is 16.2. The van der Waals surface area contributed by atoms with Gasteiger partial charge in [0, 0.05) is 21.4 Å². The van der Waals surface area contributed by atoms with Crippen LogP contribution in [0.2, 0.25) is 10.0 Å². The van der Waals surface area contributed by atoms with Crippen LogP contribution in [0.25, 0.3) is 0 Å². The van der Waals surface area contributed by atoms with Gasteiger partial charge in [0.15, 0.2) is 9.84 Å². The fourth-order valence-electron chi connectivity index (χ4n) is 3.54. The zero-order valence-corrected chi connectivity index (χ0v) is 15.3. The van der Waals surface area contributed by atoms with Crippen LogP contribution in [0.4, 0.5) is 16.2 Å². The fourth-order valence-corrected chi connectivity index (χ4v) is 5.76. The second-order valence-electron chi connectivity index (χ2n) is 6.19. The van der Waals surface area contributed by atoms with Crippen molar-refractivity contribution in [2.75, 3.05) is 21.3 Å². The molecule has 2 aliphatic rings. The van der Waals surface area contributed by atoms with Crippen molar-refractivity contribution in [3.8, 4) is 0 Å². The quantitative estimate of drug-likeness (QED) is 0.728. The first-order chi connectivity index (χ1) is 11.9. The van der Waals surface area contributed by atoms with Crippen molar-refractivity contribution in [1.29, 1.82) is 0 Å². The number of fused-ring (bicyclic) bond motifs is 1. The van der Waals surface area contributed by atoms with Crippen LogP contribution in [0.3, 0.4) is 0 Å². The smallest absolute Gasteiger partial charge is 0.288 e. The highest BCUT2D eigenvalue weighted by atomic mass is 35.5. The molecule has 0 saturated carbocycles. The minimum Gasteiger partial charge on any atom is -0.288 e. The summed E-state index contributed by atoms with van der Waals surface area (Å²) < 4.78 is 24.4. The summed E-state index contributed by atoms with van der Waals surface area (Å²) >= 11 is 12.0. The van der Waals surface area contributed by atoms with Crippen molar-refractivity contribution in [3.05, 3.63) is 58.6 Å². The number of nitrogens with zero attached hydrogens (tertiary/aromatic N) is 2. The second kappa shape index (κ2) is 5.90. The zero-order chi connectivity index (χ0) is 17.8. The summed E-state index contributed by atoms with van der Waals surface area (Å²) in [5.41, 5.74) is 1.23. The Labute approximate surface area is 155 Å². The minimum atomic E-state index is -3.22. The molecule has 8 heteroatoms. The standard InChI is InChI=1S/C17H14Cl2N2O3S/c18-11-4-6-13(7-5-11)20-15-9-25(23,24)10-16(15)21(17(20)22)14-3-1-2-12(19)8-14/h1-8,15-16H,9-10H2. The highest BCUT2D eigenvalue weighted by Gasteiger charge is 2.54. The number of carbonyl (C=O) groups is 1. The van der Waals surface area contributed by atoms with Crippen LogP contribution in [0.15, 0.2) is 48.5 Å². The molecule has 2 saturated heterocycles. The lowest BCUT2D eigenvalue weighted by atomic mass is 10.1. The van der Waals surface area contributed by atoms with Crippen LogP contribution in [0, 0.1) is 0 Å². The third kappa shape index (κ3) is 2.88. The highest BCUT2D eigenvalue weighted by Crippen LogP contribution is 2.38. The molecule has 130 valence electrons. The topological polar surface area (TPSA) is 57.7 Å².